The second-order valence-corrected chi connectivity index (χ2v) is 9.40. The molecule has 1 atom stereocenters. The molecule has 1 unspecified atom stereocenters. The van der Waals surface area contributed by atoms with Crippen LogP contribution in [0.15, 0.2) is 35.7 Å². The maximum Gasteiger partial charge on any atom is 0.319 e. The monoisotopic (exact) mass is 413 g/mol. The van der Waals surface area contributed by atoms with E-state index in [2.05, 4.69) is 56.5 Å². The summed E-state index contributed by atoms with van der Waals surface area (Å²) in [5.74, 6) is 0.299. The molecule has 0 saturated heterocycles. The molecule has 3 amide bonds. The predicted molar refractivity (Wildman–Crippen MR) is 118 cm³/mol. The lowest BCUT2D eigenvalue weighted by Gasteiger charge is -2.38. The molecule has 156 valence electrons. The number of aryl methyl sites for hydroxylation is 1. The molecule has 29 heavy (non-hydrogen) atoms. The number of nitrogens with zero attached hydrogens (tertiary/aromatic N) is 3. The number of rotatable bonds is 5. The molecule has 5 nitrogen and oxygen atoms in total. The fourth-order valence-corrected chi connectivity index (χ4v) is 4.79. The lowest BCUT2D eigenvalue weighted by Crippen LogP contribution is -2.49. The first-order chi connectivity index (χ1) is 13.8. The van der Waals surface area contributed by atoms with Crippen LogP contribution in [0.5, 0.6) is 0 Å². The minimum atomic E-state index is -0.118. The summed E-state index contributed by atoms with van der Waals surface area (Å²) in [5.41, 5.74) is 3.54. The van der Waals surface area contributed by atoms with Crippen molar-refractivity contribution in [3.8, 4) is 0 Å². The van der Waals surface area contributed by atoms with Crippen molar-refractivity contribution < 1.29 is 9.59 Å². The molecular weight excluding hydrogens is 382 g/mol. The lowest BCUT2D eigenvalue weighted by atomic mass is 9.92. The normalized spacial score (nSPS) is 15.9. The van der Waals surface area contributed by atoms with E-state index in [9.17, 15) is 9.59 Å². The number of fused-ring (bicyclic) bond motifs is 1. The Kier molecular flexibility index (Phi) is 6.63. The van der Waals surface area contributed by atoms with Gasteiger partial charge in [0.05, 0.1) is 6.04 Å². The first kappa shape index (κ1) is 21.4. The number of urea groups is 1. The first-order valence-electron chi connectivity index (χ1n) is 10.2. The Morgan fingerprint density at radius 2 is 1.86 bits per heavy atom. The van der Waals surface area contributed by atoms with Crippen molar-refractivity contribution in [2.75, 3.05) is 33.7 Å². The van der Waals surface area contributed by atoms with Crippen LogP contribution in [0.2, 0.25) is 0 Å². The van der Waals surface area contributed by atoms with Crippen LogP contribution in [0.3, 0.4) is 0 Å². The van der Waals surface area contributed by atoms with Gasteiger partial charge >= 0.3 is 6.03 Å². The van der Waals surface area contributed by atoms with Crippen LogP contribution in [0.25, 0.3) is 0 Å². The third-order valence-corrected chi connectivity index (χ3v) is 6.24. The maximum absolute atomic E-state index is 13.4. The standard InChI is InChI=1S/C23H31N3O2S/c1-16(2)14-25(23(28)24(4)5)15-21(27)26-12-10-20-19(11-13-29-20)22(26)18-8-6-17(3)7-9-18/h6-9,11,13,16,22H,10,12,14-15H2,1-5H3. The maximum atomic E-state index is 13.4. The van der Waals surface area contributed by atoms with Crippen molar-refractivity contribution >= 4 is 23.3 Å². The summed E-state index contributed by atoms with van der Waals surface area (Å²) in [5, 5.41) is 2.11. The summed E-state index contributed by atoms with van der Waals surface area (Å²) < 4.78 is 0. The van der Waals surface area contributed by atoms with Gasteiger partial charge in [-0.1, -0.05) is 43.7 Å². The molecular formula is C23H31N3O2S. The molecule has 0 N–H and O–H groups in total. The quantitative estimate of drug-likeness (QED) is 0.738. The van der Waals surface area contributed by atoms with Gasteiger partial charge in [-0.05, 0) is 41.8 Å². The molecule has 1 aromatic heterocycles. The average Bonchev–Trinajstić information content (AvgIpc) is 3.15. The van der Waals surface area contributed by atoms with Crippen LogP contribution < -0.4 is 0 Å². The highest BCUT2D eigenvalue weighted by Crippen LogP contribution is 2.38. The minimum absolute atomic E-state index is 0.00303. The molecule has 0 spiro atoms. The van der Waals surface area contributed by atoms with Crippen LogP contribution in [-0.2, 0) is 11.2 Å². The smallest absolute Gasteiger partial charge is 0.319 e. The second kappa shape index (κ2) is 8.99. The van der Waals surface area contributed by atoms with E-state index in [0.717, 1.165) is 12.0 Å². The third-order valence-electron chi connectivity index (χ3n) is 5.24. The molecule has 2 heterocycles. The van der Waals surface area contributed by atoms with Crippen molar-refractivity contribution in [2.24, 2.45) is 5.92 Å². The summed E-state index contributed by atoms with van der Waals surface area (Å²) in [7, 11) is 3.46. The summed E-state index contributed by atoms with van der Waals surface area (Å²) in [6.45, 7) is 7.55. The molecule has 1 aliphatic heterocycles. The molecule has 2 aromatic rings. The third kappa shape index (κ3) is 4.81. The molecule has 1 aliphatic rings. The Bertz CT molecular complexity index is 857. The Hall–Kier alpha value is -2.34. The van der Waals surface area contributed by atoms with Crippen molar-refractivity contribution in [3.05, 3.63) is 57.3 Å². The Morgan fingerprint density at radius 3 is 2.48 bits per heavy atom. The number of amides is 3. The van der Waals surface area contributed by atoms with Crippen LogP contribution in [0.4, 0.5) is 4.79 Å². The summed E-state index contributed by atoms with van der Waals surface area (Å²) in [6, 6.07) is 10.4. The van der Waals surface area contributed by atoms with Crippen molar-refractivity contribution in [1.29, 1.82) is 0 Å². The van der Waals surface area contributed by atoms with Crippen LogP contribution in [-0.4, -0.2) is 60.4 Å². The Labute approximate surface area is 177 Å². The molecule has 0 fully saturated rings. The highest BCUT2D eigenvalue weighted by Gasteiger charge is 2.34. The van der Waals surface area contributed by atoms with Crippen molar-refractivity contribution in [2.45, 2.75) is 33.2 Å². The van der Waals surface area contributed by atoms with E-state index in [-0.39, 0.29) is 24.5 Å². The van der Waals surface area contributed by atoms with Crippen molar-refractivity contribution in [3.63, 3.8) is 0 Å². The first-order valence-corrected chi connectivity index (χ1v) is 11.0. The van der Waals surface area contributed by atoms with Gasteiger partial charge in [0.1, 0.15) is 6.54 Å². The van der Waals surface area contributed by atoms with Crippen LogP contribution >= 0.6 is 11.3 Å². The topological polar surface area (TPSA) is 43.9 Å². The molecule has 0 aliphatic carbocycles. The van der Waals surface area contributed by atoms with E-state index in [1.165, 1.54) is 16.0 Å². The molecule has 0 bridgehead atoms. The fourth-order valence-electron chi connectivity index (χ4n) is 3.88. The predicted octanol–water partition coefficient (Wildman–Crippen LogP) is 4.17. The molecule has 3 rings (SSSR count). The van der Waals surface area contributed by atoms with Gasteiger partial charge in [-0.3, -0.25) is 4.79 Å². The number of carbonyl (C=O) groups is 2. The average molecular weight is 414 g/mol. The largest absolute Gasteiger partial charge is 0.331 e. The molecule has 0 radical (unpaired) electrons. The number of benzene rings is 1. The van der Waals surface area contributed by atoms with Crippen LogP contribution in [0.1, 0.15) is 41.5 Å². The van der Waals surface area contributed by atoms with E-state index in [1.54, 1.807) is 35.2 Å². The zero-order valence-electron chi connectivity index (χ0n) is 18.0. The SMILES string of the molecule is Cc1ccc(C2c3ccsc3CCN2C(=O)CN(CC(C)C)C(=O)N(C)C)cc1. The van der Waals surface area contributed by atoms with Gasteiger partial charge in [0, 0.05) is 32.1 Å². The molecule has 1 aromatic carbocycles. The van der Waals surface area contributed by atoms with Gasteiger partial charge in [0.25, 0.3) is 0 Å². The highest BCUT2D eigenvalue weighted by atomic mass is 32.1. The summed E-state index contributed by atoms with van der Waals surface area (Å²) in [6.07, 6.45) is 0.868. The summed E-state index contributed by atoms with van der Waals surface area (Å²) >= 11 is 1.76. The van der Waals surface area contributed by atoms with Gasteiger partial charge in [0.2, 0.25) is 5.91 Å². The minimum Gasteiger partial charge on any atom is -0.331 e. The van der Waals surface area contributed by atoms with Gasteiger partial charge in [-0.2, -0.15) is 0 Å². The van der Waals surface area contributed by atoms with E-state index in [1.807, 2.05) is 4.90 Å². The van der Waals surface area contributed by atoms with E-state index in [0.29, 0.717) is 19.0 Å². The lowest BCUT2D eigenvalue weighted by molar-refractivity contribution is -0.134. The number of thiophene rings is 1. The van der Waals surface area contributed by atoms with E-state index in [4.69, 9.17) is 0 Å². The van der Waals surface area contributed by atoms with Gasteiger partial charge in [-0.15, -0.1) is 11.3 Å². The van der Waals surface area contributed by atoms with Crippen molar-refractivity contribution in [1.82, 2.24) is 14.7 Å². The number of hydrogen-bond acceptors (Lipinski definition) is 3. The van der Waals surface area contributed by atoms with Crippen LogP contribution in [0, 0.1) is 12.8 Å². The number of carbonyl (C=O) groups excluding carboxylic acids is 2. The highest BCUT2D eigenvalue weighted by molar-refractivity contribution is 7.10. The fraction of sp³-hybridized carbons (Fsp3) is 0.478. The zero-order chi connectivity index (χ0) is 21.1. The Balaban J connectivity index is 1.89. The zero-order valence-corrected chi connectivity index (χ0v) is 18.8. The number of hydrogen-bond donors (Lipinski definition) is 0. The molecule has 6 heteroatoms. The van der Waals surface area contributed by atoms with Gasteiger partial charge in [0.15, 0.2) is 0 Å². The van der Waals surface area contributed by atoms with E-state index < -0.39 is 0 Å². The van der Waals surface area contributed by atoms with Gasteiger partial charge < -0.3 is 14.7 Å². The van der Waals surface area contributed by atoms with Gasteiger partial charge in [-0.25, -0.2) is 4.79 Å². The second-order valence-electron chi connectivity index (χ2n) is 8.40. The summed E-state index contributed by atoms with van der Waals surface area (Å²) in [4.78, 5) is 32.6. The molecule has 0 saturated carbocycles. The Morgan fingerprint density at radius 1 is 1.17 bits per heavy atom. The van der Waals surface area contributed by atoms with E-state index >= 15 is 0 Å².